The van der Waals surface area contributed by atoms with Crippen molar-refractivity contribution in [2.45, 2.75) is 0 Å². The van der Waals surface area contributed by atoms with Gasteiger partial charge in [-0.25, -0.2) is 0 Å². The number of Topliss-reactive ketones (excluding diaryl/α,β-unsaturated/α-hetero) is 2. The topological polar surface area (TPSA) is 77.3 Å². The Morgan fingerprint density at radius 1 is 0.833 bits per heavy atom. The number of hydrogen-bond acceptors (Lipinski definition) is 4. The zero-order valence-corrected chi connectivity index (χ0v) is 15.1. The number of carbonyl (C=O) groups excluding carboxylic acids is 2. The van der Waals surface area contributed by atoms with Gasteiger partial charge in [-0.05, 0) is 12.1 Å². The van der Waals surface area contributed by atoms with Gasteiger partial charge in [0, 0.05) is 5.56 Å². The average Bonchev–Trinajstić information content (AvgIpc) is 2.54. The Labute approximate surface area is 160 Å². The van der Waals surface area contributed by atoms with Crippen molar-refractivity contribution in [3.63, 3.8) is 0 Å². The molecule has 0 heterocycles. The number of benzene rings is 2. The number of rotatable bonds is 4. The lowest BCUT2D eigenvalue weighted by atomic mass is 10.00. The van der Waals surface area contributed by atoms with E-state index in [1.165, 1.54) is 18.2 Å². The maximum absolute atomic E-state index is 12.5. The molecule has 0 aliphatic carbocycles. The van der Waals surface area contributed by atoms with Gasteiger partial charge in [-0.1, -0.05) is 70.1 Å². The van der Waals surface area contributed by atoms with E-state index in [9.17, 15) is 19.7 Å². The quantitative estimate of drug-likeness (QED) is 0.151. The highest BCUT2D eigenvalue weighted by atomic mass is 35.5. The number of nitro groups is 1. The number of nitro benzene ring substituents is 1. The molecule has 0 saturated heterocycles. The Hall–Kier alpha value is -1.37. The number of halogens is 5. The summed E-state index contributed by atoms with van der Waals surface area (Å²) >= 11 is 29.1. The van der Waals surface area contributed by atoms with Gasteiger partial charge in [0.2, 0.25) is 11.6 Å². The highest BCUT2D eigenvalue weighted by Gasteiger charge is 2.35. The first kappa shape index (κ1) is 19.0. The molecular formula is C14H4Cl5NO4. The van der Waals surface area contributed by atoms with E-state index in [1.54, 1.807) is 6.07 Å². The Morgan fingerprint density at radius 2 is 1.38 bits per heavy atom. The zero-order valence-electron chi connectivity index (χ0n) is 11.3. The van der Waals surface area contributed by atoms with Crippen LogP contribution in [0.2, 0.25) is 25.1 Å². The third-order valence-corrected chi connectivity index (χ3v) is 5.10. The second-order valence-electron chi connectivity index (χ2n) is 4.37. The maximum Gasteiger partial charge on any atom is 0.302 e. The van der Waals surface area contributed by atoms with Crippen molar-refractivity contribution in [2.24, 2.45) is 0 Å². The molecule has 2 aromatic carbocycles. The summed E-state index contributed by atoms with van der Waals surface area (Å²) < 4.78 is 0. The van der Waals surface area contributed by atoms with E-state index in [-0.39, 0.29) is 15.6 Å². The molecule has 0 aliphatic rings. The number of carbonyl (C=O) groups is 2. The summed E-state index contributed by atoms with van der Waals surface area (Å²) in [6.07, 6.45) is 0. The Kier molecular flexibility index (Phi) is 5.73. The van der Waals surface area contributed by atoms with Crippen molar-refractivity contribution < 1.29 is 14.5 Å². The van der Waals surface area contributed by atoms with Crippen LogP contribution in [0, 0.1) is 10.1 Å². The van der Waals surface area contributed by atoms with Crippen LogP contribution < -0.4 is 0 Å². The maximum atomic E-state index is 12.5. The van der Waals surface area contributed by atoms with E-state index in [0.717, 1.165) is 0 Å². The molecule has 0 aromatic heterocycles. The fourth-order valence-corrected chi connectivity index (χ4v) is 3.10. The predicted molar refractivity (Wildman–Crippen MR) is 93.2 cm³/mol. The van der Waals surface area contributed by atoms with Crippen molar-refractivity contribution in [3.05, 3.63) is 70.6 Å². The van der Waals surface area contributed by atoms with Gasteiger partial charge in [0.15, 0.2) is 0 Å². The first-order chi connectivity index (χ1) is 11.2. The lowest BCUT2D eigenvalue weighted by molar-refractivity contribution is -0.384. The van der Waals surface area contributed by atoms with Gasteiger partial charge in [0.25, 0.3) is 0 Å². The largest absolute Gasteiger partial charge is 0.302 e. The van der Waals surface area contributed by atoms with Crippen molar-refractivity contribution in [3.8, 4) is 0 Å². The van der Waals surface area contributed by atoms with Crippen LogP contribution in [0.5, 0.6) is 0 Å². The first-order valence-electron chi connectivity index (χ1n) is 6.02. The summed E-state index contributed by atoms with van der Waals surface area (Å²) in [4.78, 5) is 35.2. The van der Waals surface area contributed by atoms with Crippen LogP contribution in [-0.2, 0) is 0 Å². The van der Waals surface area contributed by atoms with Crippen molar-refractivity contribution in [1.29, 1.82) is 0 Å². The van der Waals surface area contributed by atoms with E-state index in [1.807, 2.05) is 0 Å². The molecular weight excluding hydrogens is 423 g/mol. The van der Waals surface area contributed by atoms with Gasteiger partial charge >= 0.3 is 5.69 Å². The van der Waals surface area contributed by atoms with E-state index in [4.69, 9.17) is 58.0 Å². The normalized spacial score (nSPS) is 10.5. The third kappa shape index (κ3) is 3.23. The minimum atomic E-state index is -1.28. The summed E-state index contributed by atoms with van der Waals surface area (Å²) in [5, 5.41) is 9.37. The molecule has 0 radical (unpaired) electrons. The molecule has 124 valence electrons. The van der Waals surface area contributed by atoms with Gasteiger partial charge < -0.3 is 0 Å². The summed E-state index contributed by atoms with van der Waals surface area (Å²) in [6, 6.07) is 5.71. The lowest BCUT2D eigenvalue weighted by Crippen LogP contribution is -2.17. The molecule has 0 N–H and O–H groups in total. The Balaban J connectivity index is 2.72. The van der Waals surface area contributed by atoms with Gasteiger partial charge in [-0.3, -0.25) is 19.7 Å². The molecule has 24 heavy (non-hydrogen) atoms. The minimum absolute atomic E-state index is 0.000725. The number of hydrogen-bond donors (Lipinski definition) is 0. The van der Waals surface area contributed by atoms with Gasteiger partial charge in [-0.15, -0.1) is 0 Å². The van der Waals surface area contributed by atoms with Gasteiger partial charge in [0.1, 0.15) is 10.6 Å². The predicted octanol–water partition coefficient (Wildman–Crippen LogP) is 5.93. The van der Waals surface area contributed by atoms with Gasteiger partial charge in [0.05, 0.1) is 25.0 Å². The molecule has 0 atom stereocenters. The molecule has 0 aliphatic heterocycles. The SMILES string of the molecule is O=C(C(=O)c1c(Cl)c(Cl)c(Cl)c(Cl)c1[N+](=O)[O-])c1ccccc1Cl. The molecule has 0 saturated carbocycles. The Bertz CT molecular complexity index is 897. The van der Waals surface area contributed by atoms with E-state index >= 15 is 0 Å². The zero-order chi connectivity index (χ0) is 18.2. The fourth-order valence-electron chi connectivity index (χ4n) is 1.88. The second kappa shape index (κ2) is 7.25. The van der Waals surface area contributed by atoms with Crippen molar-refractivity contribution >= 4 is 75.3 Å². The van der Waals surface area contributed by atoms with Crippen LogP contribution in [0.25, 0.3) is 0 Å². The monoisotopic (exact) mass is 425 g/mol. The van der Waals surface area contributed by atoms with Crippen LogP contribution in [0.3, 0.4) is 0 Å². The molecule has 5 nitrogen and oxygen atoms in total. The van der Waals surface area contributed by atoms with E-state index in [2.05, 4.69) is 0 Å². The summed E-state index contributed by atoms with van der Waals surface area (Å²) in [6.45, 7) is 0. The van der Waals surface area contributed by atoms with E-state index < -0.39 is 42.8 Å². The molecule has 0 spiro atoms. The summed E-state index contributed by atoms with van der Waals surface area (Å²) in [5.41, 5.74) is -1.79. The van der Waals surface area contributed by atoms with Crippen LogP contribution in [0.15, 0.2) is 24.3 Å². The summed E-state index contributed by atoms with van der Waals surface area (Å²) in [5.74, 6) is -2.37. The Morgan fingerprint density at radius 3 is 1.92 bits per heavy atom. The number of nitrogens with zero attached hydrogens (tertiary/aromatic N) is 1. The first-order valence-corrected chi connectivity index (χ1v) is 7.91. The fraction of sp³-hybridized carbons (Fsp3) is 0. The molecule has 2 rings (SSSR count). The molecule has 0 unspecified atom stereocenters. The molecule has 2 aromatic rings. The van der Waals surface area contributed by atoms with Crippen LogP contribution >= 0.6 is 58.0 Å². The summed E-state index contributed by atoms with van der Waals surface area (Å²) in [7, 11) is 0. The molecule has 0 amide bonds. The molecule has 0 bridgehead atoms. The van der Waals surface area contributed by atoms with Crippen LogP contribution in [0.4, 0.5) is 5.69 Å². The molecule has 0 fully saturated rings. The van der Waals surface area contributed by atoms with E-state index in [0.29, 0.717) is 0 Å². The lowest BCUT2D eigenvalue weighted by Gasteiger charge is -2.10. The second-order valence-corrected chi connectivity index (χ2v) is 6.29. The van der Waals surface area contributed by atoms with Crippen molar-refractivity contribution in [1.82, 2.24) is 0 Å². The van der Waals surface area contributed by atoms with Gasteiger partial charge in [-0.2, -0.15) is 0 Å². The standard InChI is InChI=1S/C14H4Cl5NO4/c15-6-4-2-1-3-5(6)13(21)14(22)7-8(16)9(17)10(18)11(19)12(7)20(23)24/h1-4H. The third-order valence-electron chi connectivity index (χ3n) is 2.98. The smallest absolute Gasteiger partial charge is 0.285 e. The number of ketones is 2. The molecule has 10 heteroatoms. The minimum Gasteiger partial charge on any atom is -0.285 e. The highest BCUT2D eigenvalue weighted by molar-refractivity contribution is 6.59. The van der Waals surface area contributed by atoms with Crippen LogP contribution in [-0.4, -0.2) is 16.5 Å². The van der Waals surface area contributed by atoms with Crippen LogP contribution in [0.1, 0.15) is 20.7 Å². The van der Waals surface area contributed by atoms with Crippen molar-refractivity contribution in [2.75, 3.05) is 0 Å². The average molecular weight is 427 g/mol. The highest BCUT2D eigenvalue weighted by Crippen LogP contribution is 2.45.